The molecule has 1 heterocycles. The van der Waals surface area contributed by atoms with Gasteiger partial charge in [0.2, 0.25) is 5.91 Å². The molecule has 0 saturated carbocycles. The molecule has 114 valence electrons. The molecule has 0 aliphatic carbocycles. The van der Waals surface area contributed by atoms with E-state index < -0.39 is 0 Å². The molecule has 3 heteroatoms. The van der Waals surface area contributed by atoms with E-state index in [9.17, 15) is 4.79 Å². The normalized spacial score (nSPS) is 18.5. The second kappa shape index (κ2) is 6.75. The average molecular weight is 294 g/mol. The molecule has 1 N–H and O–H groups in total. The zero-order chi connectivity index (χ0) is 15.4. The van der Waals surface area contributed by atoms with Gasteiger partial charge in [0.25, 0.3) is 0 Å². The van der Waals surface area contributed by atoms with E-state index in [1.807, 2.05) is 0 Å². The van der Waals surface area contributed by atoms with Crippen molar-refractivity contribution in [3.05, 3.63) is 60.7 Å². The highest BCUT2D eigenvalue weighted by Gasteiger charge is 2.28. The van der Waals surface area contributed by atoms with E-state index in [0.29, 0.717) is 19.1 Å². The maximum Gasteiger partial charge on any atom is 0.234 e. The molecule has 3 nitrogen and oxygen atoms in total. The fourth-order valence-electron chi connectivity index (χ4n) is 3.33. The minimum absolute atomic E-state index is 0.0760. The van der Waals surface area contributed by atoms with Crippen molar-refractivity contribution in [2.24, 2.45) is 0 Å². The van der Waals surface area contributed by atoms with Crippen LogP contribution in [0, 0.1) is 0 Å². The lowest BCUT2D eigenvalue weighted by atomic mass is 9.97. The number of fused-ring (bicyclic) bond motifs is 1. The summed E-state index contributed by atoms with van der Waals surface area (Å²) >= 11 is 0. The highest BCUT2D eigenvalue weighted by molar-refractivity contribution is 5.86. The van der Waals surface area contributed by atoms with Crippen LogP contribution in [0.2, 0.25) is 0 Å². The molecule has 2 aromatic rings. The van der Waals surface area contributed by atoms with E-state index in [1.165, 1.54) is 16.3 Å². The Labute approximate surface area is 131 Å². The molecule has 1 aliphatic heterocycles. The average Bonchev–Trinajstić information content (AvgIpc) is 3.00. The van der Waals surface area contributed by atoms with Crippen molar-refractivity contribution in [2.45, 2.75) is 18.9 Å². The van der Waals surface area contributed by atoms with Gasteiger partial charge in [-0.25, -0.2) is 0 Å². The number of nitrogens with one attached hydrogen (secondary N) is 1. The minimum Gasteiger partial charge on any atom is -0.352 e. The molecule has 0 spiro atoms. The van der Waals surface area contributed by atoms with Crippen LogP contribution in [0.3, 0.4) is 0 Å². The van der Waals surface area contributed by atoms with E-state index in [1.54, 1.807) is 6.08 Å². The zero-order valence-corrected chi connectivity index (χ0v) is 12.8. The third-order valence-corrected chi connectivity index (χ3v) is 4.34. The third kappa shape index (κ3) is 3.04. The summed E-state index contributed by atoms with van der Waals surface area (Å²) in [4.78, 5) is 14.3. The van der Waals surface area contributed by atoms with Crippen LogP contribution in [0.5, 0.6) is 0 Å². The first-order chi connectivity index (χ1) is 10.8. The van der Waals surface area contributed by atoms with Crippen molar-refractivity contribution in [1.82, 2.24) is 10.2 Å². The molecule has 0 aromatic heterocycles. The Morgan fingerprint density at radius 2 is 2.09 bits per heavy atom. The number of nitrogens with zero attached hydrogens (tertiary/aromatic N) is 1. The lowest BCUT2D eigenvalue weighted by Crippen LogP contribution is -2.37. The van der Waals surface area contributed by atoms with Gasteiger partial charge in [-0.1, -0.05) is 48.5 Å². The predicted molar refractivity (Wildman–Crippen MR) is 90.7 cm³/mol. The van der Waals surface area contributed by atoms with E-state index in [0.717, 1.165) is 19.4 Å². The topological polar surface area (TPSA) is 32.3 Å². The van der Waals surface area contributed by atoms with E-state index in [2.05, 4.69) is 59.3 Å². The summed E-state index contributed by atoms with van der Waals surface area (Å²) in [6.07, 6.45) is 3.97. The Morgan fingerprint density at radius 1 is 1.27 bits per heavy atom. The molecule has 0 bridgehead atoms. The first kappa shape index (κ1) is 14.8. The van der Waals surface area contributed by atoms with Gasteiger partial charge in [0.1, 0.15) is 0 Å². The standard InChI is InChI=1S/C19H22N2O/c1-2-12-20-19(22)14-21-13-6-11-18(21)17-10-5-8-15-7-3-4-9-16(15)17/h2-5,7-10,18H,1,6,11-14H2,(H,20,22). The number of benzene rings is 2. The Hall–Kier alpha value is -2.13. The van der Waals surface area contributed by atoms with Crippen molar-refractivity contribution >= 4 is 16.7 Å². The first-order valence-corrected chi connectivity index (χ1v) is 7.89. The number of hydrogen-bond acceptors (Lipinski definition) is 2. The third-order valence-electron chi connectivity index (χ3n) is 4.34. The first-order valence-electron chi connectivity index (χ1n) is 7.89. The number of rotatable bonds is 5. The van der Waals surface area contributed by atoms with Crippen LogP contribution >= 0.6 is 0 Å². The van der Waals surface area contributed by atoms with Crippen LogP contribution in [-0.2, 0) is 4.79 Å². The van der Waals surface area contributed by atoms with Gasteiger partial charge in [-0.3, -0.25) is 9.69 Å². The van der Waals surface area contributed by atoms with Gasteiger partial charge in [0.05, 0.1) is 6.54 Å². The smallest absolute Gasteiger partial charge is 0.234 e. The maximum absolute atomic E-state index is 12.0. The summed E-state index contributed by atoms with van der Waals surface area (Å²) < 4.78 is 0. The largest absolute Gasteiger partial charge is 0.352 e. The molecule has 1 aliphatic rings. The molecule has 2 aromatic carbocycles. The van der Waals surface area contributed by atoms with Crippen molar-refractivity contribution in [3.8, 4) is 0 Å². The fourth-order valence-corrected chi connectivity index (χ4v) is 3.33. The van der Waals surface area contributed by atoms with Crippen molar-refractivity contribution in [3.63, 3.8) is 0 Å². The molecule has 1 unspecified atom stereocenters. The summed E-state index contributed by atoms with van der Waals surface area (Å²) in [5, 5.41) is 5.44. The van der Waals surface area contributed by atoms with Crippen LogP contribution in [-0.4, -0.2) is 30.4 Å². The van der Waals surface area contributed by atoms with Gasteiger partial charge in [-0.15, -0.1) is 6.58 Å². The number of likely N-dealkylation sites (tertiary alicyclic amines) is 1. The highest BCUT2D eigenvalue weighted by Crippen LogP contribution is 2.35. The van der Waals surface area contributed by atoms with Gasteiger partial charge < -0.3 is 5.32 Å². The van der Waals surface area contributed by atoms with E-state index in [-0.39, 0.29) is 5.91 Å². The molecule has 1 amide bonds. The molecule has 1 atom stereocenters. The van der Waals surface area contributed by atoms with Crippen LogP contribution < -0.4 is 5.32 Å². The summed E-state index contributed by atoms with van der Waals surface area (Å²) in [6, 6.07) is 15.3. The van der Waals surface area contributed by atoms with Crippen molar-refractivity contribution in [1.29, 1.82) is 0 Å². The molecule has 1 fully saturated rings. The van der Waals surface area contributed by atoms with Crippen molar-refractivity contribution in [2.75, 3.05) is 19.6 Å². The maximum atomic E-state index is 12.0. The molecule has 3 rings (SSSR count). The van der Waals surface area contributed by atoms with E-state index in [4.69, 9.17) is 0 Å². The van der Waals surface area contributed by atoms with Gasteiger partial charge in [0, 0.05) is 12.6 Å². The monoisotopic (exact) mass is 294 g/mol. The lowest BCUT2D eigenvalue weighted by Gasteiger charge is -2.25. The lowest BCUT2D eigenvalue weighted by molar-refractivity contribution is -0.122. The van der Waals surface area contributed by atoms with Crippen LogP contribution in [0.25, 0.3) is 10.8 Å². The SMILES string of the molecule is C=CCNC(=O)CN1CCCC1c1cccc2ccccc12. The molecule has 22 heavy (non-hydrogen) atoms. The van der Waals surface area contributed by atoms with Crippen LogP contribution in [0.4, 0.5) is 0 Å². The Balaban J connectivity index is 1.83. The molecule has 0 radical (unpaired) electrons. The van der Waals surface area contributed by atoms with Crippen LogP contribution in [0.1, 0.15) is 24.4 Å². The Kier molecular flexibility index (Phi) is 4.54. The van der Waals surface area contributed by atoms with Gasteiger partial charge in [-0.2, -0.15) is 0 Å². The fraction of sp³-hybridized carbons (Fsp3) is 0.316. The van der Waals surface area contributed by atoms with Gasteiger partial charge in [-0.05, 0) is 35.7 Å². The second-order valence-corrected chi connectivity index (χ2v) is 5.79. The Morgan fingerprint density at radius 3 is 2.95 bits per heavy atom. The summed E-state index contributed by atoms with van der Waals surface area (Å²) in [7, 11) is 0. The number of amides is 1. The highest BCUT2D eigenvalue weighted by atomic mass is 16.2. The zero-order valence-electron chi connectivity index (χ0n) is 12.8. The Bertz CT molecular complexity index is 675. The summed E-state index contributed by atoms with van der Waals surface area (Å²) in [5.74, 6) is 0.0760. The van der Waals surface area contributed by atoms with E-state index >= 15 is 0 Å². The molecular formula is C19H22N2O. The molecule has 1 saturated heterocycles. The summed E-state index contributed by atoms with van der Waals surface area (Å²) in [6.45, 7) is 5.61. The number of carbonyl (C=O) groups excluding carboxylic acids is 1. The predicted octanol–water partition coefficient (Wildman–Crippen LogP) is 3.28. The number of hydrogen-bond donors (Lipinski definition) is 1. The quantitative estimate of drug-likeness (QED) is 0.858. The minimum atomic E-state index is 0.0760. The van der Waals surface area contributed by atoms with Crippen molar-refractivity contribution < 1.29 is 4.79 Å². The number of carbonyl (C=O) groups is 1. The summed E-state index contributed by atoms with van der Waals surface area (Å²) in [5.41, 5.74) is 1.34. The van der Waals surface area contributed by atoms with Crippen LogP contribution in [0.15, 0.2) is 55.1 Å². The second-order valence-electron chi connectivity index (χ2n) is 5.79. The molecular weight excluding hydrogens is 272 g/mol. The van der Waals surface area contributed by atoms with Gasteiger partial charge >= 0.3 is 0 Å². The van der Waals surface area contributed by atoms with Gasteiger partial charge in [0.15, 0.2) is 0 Å².